The number of hydrogen-bond donors (Lipinski definition) is 1. The third kappa shape index (κ3) is 3.60. The molecular weight excluding hydrogens is 387 g/mol. The molecule has 8 heteroatoms. The van der Waals surface area contributed by atoms with Gasteiger partial charge in [-0.05, 0) is 56.8 Å². The van der Waals surface area contributed by atoms with Crippen LogP contribution in [0.5, 0.6) is 5.88 Å². The topological polar surface area (TPSA) is 90.6 Å². The van der Waals surface area contributed by atoms with Gasteiger partial charge in [0.05, 0.1) is 6.54 Å². The van der Waals surface area contributed by atoms with Gasteiger partial charge in [0, 0.05) is 28.9 Å². The van der Waals surface area contributed by atoms with Crippen molar-refractivity contribution < 1.29 is 18.7 Å². The van der Waals surface area contributed by atoms with Crippen LogP contribution in [0.25, 0.3) is 21.9 Å². The first-order valence-electron chi connectivity index (χ1n) is 9.62. The number of rotatable bonds is 1. The van der Waals surface area contributed by atoms with E-state index in [0.717, 1.165) is 5.39 Å². The molecule has 0 bridgehead atoms. The van der Waals surface area contributed by atoms with Gasteiger partial charge in [0.25, 0.3) is 0 Å². The predicted octanol–water partition coefficient (Wildman–Crippen LogP) is 4.46. The highest BCUT2D eigenvalue weighted by molar-refractivity contribution is 5.94. The number of fused-ring (bicyclic) bond motifs is 2. The number of carbonyl (C=O) groups is 1. The maximum absolute atomic E-state index is 15.0. The standard InChI is InChI=1S/C22H23FN4O3/c1-12-16(15-7-13-9-18(24)25-10-14(13)8-17(15)23)11-26-20-19(12)27(5-6-29-20)21(28)30-22(2,3)4/h7-11H,5-6H2,1-4H3,(H2,24,25). The maximum atomic E-state index is 15.0. The summed E-state index contributed by atoms with van der Waals surface area (Å²) in [6, 6.07) is 4.81. The molecule has 156 valence electrons. The minimum absolute atomic E-state index is 0.300. The SMILES string of the molecule is Cc1c(-c2cc3cc(N)ncc3cc2F)cnc2c1N(C(=O)OC(C)(C)C)CCO2. The molecule has 7 nitrogen and oxygen atoms in total. The molecule has 2 aromatic heterocycles. The van der Waals surface area contributed by atoms with Crippen molar-refractivity contribution >= 4 is 28.4 Å². The van der Waals surface area contributed by atoms with Gasteiger partial charge in [-0.3, -0.25) is 4.90 Å². The molecule has 0 saturated carbocycles. The van der Waals surface area contributed by atoms with Crippen LogP contribution in [0.2, 0.25) is 0 Å². The third-order valence-electron chi connectivity index (χ3n) is 4.83. The van der Waals surface area contributed by atoms with Crippen molar-refractivity contribution in [1.29, 1.82) is 0 Å². The Bertz CT molecular complexity index is 1160. The molecule has 0 spiro atoms. The summed E-state index contributed by atoms with van der Waals surface area (Å²) < 4.78 is 26.2. The fourth-order valence-electron chi connectivity index (χ4n) is 3.50. The molecular formula is C22H23FN4O3. The van der Waals surface area contributed by atoms with E-state index >= 15 is 0 Å². The minimum atomic E-state index is -0.646. The summed E-state index contributed by atoms with van der Waals surface area (Å²) in [4.78, 5) is 22.6. The molecule has 1 aliphatic heterocycles. The van der Waals surface area contributed by atoms with E-state index in [2.05, 4.69) is 9.97 Å². The van der Waals surface area contributed by atoms with E-state index in [0.29, 0.717) is 52.6 Å². The second-order valence-corrected chi connectivity index (χ2v) is 8.22. The van der Waals surface area contributed by atoms with Crippen molar-refractivity contribution in [3.8, 4) is 17.0 Å². The number of benzene rings is 1. The molecule has 1 aliphatic rings. The van der Waals surface area contributed by atoms with Gasteiger partial charge in [0.2, 0.25) is 5.88 Å². The van der Waals surface area contributed by atoms with Gasteiger partial charge in [0.15, 0.2) is 0 Å². The zero-order valence-electron chi connectivity index (χ0n) is 17.3. The number of halogens is 1. The highest BCUT2D eigenvalue weighted by atomic mass is 19.1. The van der Waals surface area contributed by atoms with Gasteiger partial charge in [-0.25, -0.2) is 19.2 Å². The minimum Gasteiger partial charge on any atom is -0.474 e. The molecule has 30 heavy (non-hydrogen) atoms. The molecule has 3 heterocycles. The molecule has 1 aromatic carbocycles. The first kappa shape index (κ1) is 19.9. The van der Waals surface area contributed by atoms with Crippen LogP contribution in [-0.4, -0.2) is 34.8 Å². The van der Waals surface area contributed by atoms with Crippen molar-refractivity contribution in [2.45, 2.75) is 33.3 Å². The summed E-state index contributed by atoms with van der Waals surface area (Å²) in [5, 5.41) is 1.41. The summed E-state index contributed by atoms with van der Waals surface area (Å²) in [6.45, 7) is 7.84. The lowest BCUT2D eigenvalue weighted by molar-refractivity contribution is 0.0566. The second kappa shape index (κ2) is 7.12. The number of nitrogens with two attached hydrogens (primary N) is 1. The Morgan fingerprint density at radius 1 is 1.17 bits per heavy atom. The summed E-state index contributed by atoms with van der Waals surface area (Å²) in [5.41, 5.74) is 7.21. The van der Waals surface area contributed by atoms with E-state index in [1.807, 2.05) is 6.92 Å². The summed E-state index contributed by atoms with van der Waals surface area (Å²) in [7, 11) is 0. The number of carbonyl (C=O) groups excluding carboxylic acids is 1. The predicted molar refractivity (Wildman–Crippen MR) is 113 cm³/mol. The Hall–Kier alpha value is -3.42. The van der Waals surface area contributed by atoms with Crippen molar-refractivity contribution in [1.82, 2.24) is 9.97 Å². The van der Waals surface area contributed by atoms with Crippen LogP contribution in [0.4, 0.5) is 20.7 Å². The Morgan fingerprint density at radius 2 is 1.93 bits per heavy atom. The van der Waals surface area contributed by atoms with E-state index in [1.165, 1.54) is 17.2 Å². The smallest absolute Gasteiger partial charge is 0.415 e. The zero-order chi connectivity index (χ0) is 21.6. The van der Waals surface area contributed by atoms with E-state index in [1.54, 1.807) is 39.1 Å². The molecule has 0 unspecified atom stereocenters. The van der Waals surface area contributed by atoms with Crippen LogP contribution < -0.4 is 15.4 Å². The van der Waals surface area contributed by atoms with Crippen LogP contribution in [-0.2, 0) is 4.74 Å². The number of hydrogen-bond acceptors (Lipinski definition) is 6. The molecule has 0 atom stereocenters. The van der Waals surface area contributed by atoms with Gasteiger partial charge < -0.3 is 15.2 Å². The van der Waals surface area contributed by atoms with Crippen LogP contribution >= 0.6 is 0 Å². The van der Waals surface area contributed by atoms with E-state index in [9.17, 15) is 9.18 Å². The lowest BCUT2D eigenvalue weighted by Gasteiger charge is -2.32. The Morgan fingerprint density at radius 3 is 2.67 bits per heavy atom. The lowest BCUT2D eigenvalue weighted by Crippen LogP contribution is -2.42. The number of aromatic nitrogens is 2. The summed E-state index contributed by atoms with van der Waals surface area (Å²) in [6.07, 6.45) is 2.60. The largest absolute Gasteiger partial charge is 0.474 e. The van der Waals surface area contributed by atoms with Crippen molar-refractivity contribution in [2.75, 3.05) is 23.8 Å². The van der Waals surface area contributed by atoms with Crippen molar-refractivity contribution in [3.63, 3.8) is 0 Å². The number of pyridine rings is 2. The Kier molecular flexibility index (Phi) is 4.72. The number of nitrogen functional groups attached to an aromatic ring is 1. The normalized spacial score (nSPS) is 13.7. The van der Waals surface area contributed by atoms with Gasteiger partial charge in [-0.2, -0.15) is 0 Å². The Balaban J connectivity index is 1.84. The second-order valence-electron chi connectivity index (χ2n) is 8.22. The molecule has 1 amide bonds. The average molecular weight is 410 g/mol. The summed E-state index contributed by atoms with van der Waals surface area (Å²) in [5.74, 6) is 0.257. The zero-order valence-corrected chi connectivity index (χ0v) is 17.3. The first-order chi connectivity index (χ1) is 14.1. The third-order valence-corrected chi connectivity index (χ3v) is 4.83. The van der Waals surface area contributed by atoms with Gasteiger partial charge >= 0.3 is 6.09 Å². The first-order valence-corrected chi connectivity index (χ1v) is 9.62. The lowest BCUT2D eigenvalue weighted by atomic mass is 9.98. The molecule has 4 rings (SSSR count). The number of ether oxygens (including phenoxy) is 2. The number of nitrogens with zero attached hydrogens (tertiary/aromatic N) is 3. The van der Waals surface area contributed by atoms with Crippen LogP contribution in [0.1, 0.15) is 26.3 Å². The quantitative estimate of drug-likeness (QED) is 0.637. The number of anilines is 2. The highest BCUT2D eigenvalue weighted by Gasteiger charge is 2.31. The van der Waals surface area contributed by atoms with Crippen molar-refractivity contribution in [3.05, 3.63) is 42.0 Å². The van der Waals surface area contributed by atoms with Crippen LogP contribution in [0.3, 0.4) is 0 Å². The molecule has 0 fully saturated rings. The fourth-order valence-corrected chi connectivity index (χ4v) is 3.50. The monoisotopic (exact) mass is 410 g/mol. The van der Waals surface area contributed by atoms with E-state index in [-0.39, 0.29) is 0 Å². The van der Waals surface area contributed by atoms with Crippen LogP contribution in [0, 0.1) is 12.7 Å². The molecule has 3 aromatic rings. The highest BCUT2D eigenvalue weighted by Crippen LogP contribution is 2.40. The maximum Gasteiger partial charge on any atom is 0.415 e. The molecule has 0 aliphatic carbocycles. The average Bonchev–Trinajstić information content (AvgIpc) is 2.66. The fraction of sp³-hybridized carbons (Fsp3) is 0.318. The van der Waals surface area contributed by atoms with Gasteiger partial charge in [0.1, 0.15) is 29.5 Å². The molecule has 2 N–H and O–H groups in total. The van der Waals surface area contributed by atoms with Crippen molar-refractivity contribution in [2.24, 2.45) is 0 Å². The van der Waals surface area contributed by atoms with Crippen LogP contribution in [0.15, 0.2) is 30.6 Å². The van der Waals surface area contributed by atoms with Gasteiger partial charge in [-0.15, -0.1) is 0 Å². The van der Waals surface area contributed by atoms with Gasteiger partial charge in [-0.1, -0.05) is 0 Å². The molecule has 0 radical (unpaired) electrons. The van der Waals surface area contributed by atoms with E-state index in [4.69, 9.17) is 15.2 Å². The number of amides is 1. The Labute approximate surface area is 173 Å². The molecule has 0 saturated heterocycles. The van der Waals surface area contributed by atoms with E-state index < -0.39 is 17.5 Å². The summed E-state index contributed by atoms with van der Waals surface area (Å²) >= 11 is 0.